The Hall–Kier alpha value is -1.91. The minimum atomic E-state index is -0.610. The zero-order valence-corrected chi connectivity index (χ0v) is 8.24. The number of rotatable bonds is 3. The van der Waals surface area contributed by atoms with Crippen LogP contribution in [0.4, 0.5) is 16.2 Å². The Balaban J connectivity index is 2.59. The van der Waals surface area contributed by atoms with Gasteiger partial charge in [-0.1, -0.05) is 0 Å². The molecule has 14 heavy (non-hydrogen) atoms. The molecule has 0 bridgehead atoms. The average Bonchev–Trinajstić information content (AvgIpc) is 2.15. The maximum absolute atomic E-state index is 10.4. The molecule has 5 heteroatoms. The van der Waals surface area contributed by atoms with Crippen LogP contribution in [0.2, 0.25) is 0 Å². The number of carbonyl (C=O) groups is 1. The van der Waals surface area contributed by atoms with Crippen LogP contribution in [0, 0.1) is 0 Å². The number of nitrogens with one attached hydrogen (secondary N) is 2. The molecule has 0 aromatic heterocycles. The lowest BCUT2D eigenvalue weighted by Gasteiger charge is -2.13. The Morgan fingerprint density at radius 3 is 2.29 bits per heavy atom. The molecule has 0 aliphatic heterocycles. The SMILES string of the molecule is CN(C)c1ccc(NNC(N)=O)cc1. The highest BCUT2D eigenvalue weighted by molar-refractivity contribution is 5.73. The van der Waals surface area contributed by atoms with E-state index in [0.717, 1.165) is 11.4 Å². The largest absolute Gasteiger partial charge is 0.378 e. The third-order valence-electron chi connectivity index (χ3n) is 1.71. The fourth-order valence-corrected chi connectivity index (χ4v) is 0.977. The van der Waals surface area contributed by atoms with Gasteiger partial charge in [-0.15, -0.1) is 0 Å². The summed E-state index contributed by atoms with van der Waals surface area (Å²) in [6.07, 6.45) is 0. The maximum Gasteiger partial charge on any atom is 0.330 e. The molecular weight excluding hydrogens is 180 g/mol. The maximum atomic E-state index is 10.4. The molecule has 0 saturated carbocycles. The summed E-state index contributed by atoms with van der Waals surface area (Å²) in [4.78, 5) is 12.4. The van der Waals surface area contributed by atoms with Crippen molar-refractivity contribution in [2.75, 3.05) is 24.4 Å². The van der Waals surface area contributed by atoms with E-state index in [1.165, 1.54) is 0 Å². The van der Waals surface area contributed by atoms with Gasteiger partial charge in [0.2, 0.25) is 0 Å². The number of hydrazine groups is 1. The number of nitrogens with two attached hydrogens (primary N) is 1. The first-order chi connectivity index (χ1) is 6.59. The second-order valence-electron chi connectivity index (χ2n) is 3.06. The van der Waals surface area contributed by atoms with Crippen molar-refractivity contribution in [2.45, 2.75) is 0 Å². The normalized spacial score (nSPS) is 9.29. The lowest BCUT2D eigenvalue weighted by Crippen LogP contribution is -2.34. The zero-order valence-electron chi connectivity index (χ0n) is 8.24. The molecule has 2 amide bonds. The lowest BCUT2D eigenvalue weighted by atomic mass is 10.3. The summed E-state index contributed by atoms with van der Waals surface area (Å²) < 4.78 is 0. The molecule has 1 aromatic carbocycles. The van der Waals surface area contributed by atoms with E-state index in [1.54, 1.807) is 0 Å². The highest BCUT2D eigenvalue weighted by Crippen LogP contribution is 2.14. The predicted molar refractivity (Wildman–Crippen MR) is 57.1 cm³/mol. The molecule has 0 atom stereocenters. The van der Waals surface area contributed by atoms with E-state index >= 15 is 0 Å². The molecule has 0 spiro atoms. The van der Waals surface area contributed by atoms with E-state index in [1.807, 2.05) is 43.3 Å². The smallest absolute Gasteiger partial charge is 0.330 e. The molecule has 0 aliphatic carbocycles. The van der Waals surface area contributed by atoms with E-state index in [-0.39, 0.29) is 0 Å². The first-order valence-corrected chi connectivity index (χ1v) is 4.18. The standard InChI is InChI=1S/C9H14N4O/c1-13(2)8-5-3-7(4-6-8)11-12-9(10)14/h3-6,11H,1-2H3,(H3,10,12,14). The minimum absolute atomic E-state index is 0.610. The van der Waals surface area contributed by atoms with Crippen LogP contribution in [0.5, 0.6) is 0 Å². The van der Waals surface area contributed by atoms with E-state index in [4.69, 9.17) is 5.73 Å². The van der Waals surface area contributed by atoms with Gasteiger partial charge < -0.3 is 10.6 Å². The molecule has 76 valence electrons. The number of amides is 2. The van der Waals surface area contributed by atoms with Crippen LogP contribution in [-0.4, -0.2) is 20.1 Å². The van der Waals surface area contributed by atoms with Crippen molar-refractivity contribution in [3.8, 4) is 0 Å². The van der Waals surface area contributed by atoms with Crippen LogP contribution in [0.3, 0.4) is 0 Å². The van der Waals surface area contributed by atoms with E-state index in [9.17, 15) is 4.79 Å². The average molecular weight is 194 g/mol. The molecule has 5 nitrogen and oxygen atoms in total. The summed E-state index contributed by atoms with van der Waals surface area (Å²) in [5.74, 6) is 0. The van der Waals surface area contributed by atoms with Gasteiger partial charge in [0.15, 0.2) is 0 Å². The highest BCUT2D eigenvalue weighted by Gasteiger charge is 1.95. The summed E-state index contributed by atoms with van der Waals surface area (Å²) in [6, 6.07) is 6.97. The van der Waals surface area contributed by atoms with Crippen molar-refractivity contribution < 1.29 is 4.79 Å². The van der Waals surface area contributed by atoms with Crippen molar-refractivity contribution in [1.82, 2.24) is 5.43 Å². The summed E-state index contributed by atoms with van der Waals surface area (Å²) in [5, 5.41) is 0. The van der Waals surface area contributed by atoms with Crippen molar-refractivity contribution >= 4 is 17.4 Å². The van der Waals surface area contributed by atoms with E-state index in [2.05, 4.69) is 10.9 Å². The van der Waals surface area contributed by atoms with Gasteiger partial charge in [0.05, 0.1) is 5.69 Å². The number of benzene rings is 1. The van der Waals surface area contributed by atoms with Gasteiger partial charge in [-0.3, -0.25) is 10.9 Å². The molecule has 1 aromatic rings. The summed E-state index contributed by atoms with van der Waals surface area (Å²) in [6.45, 7) is 0. The third kappa shape index (κ3) is 2.85. The number of hydrogen-bond acceptors (Lipinski definition) is 3. The van der Waals surface area contributed by atoms with Gasteiger partial charge >= 0.3 is 6.03 Å². The molecule has 0 fully saturated rings. The van der Waals surface area contributed by atoms with Crippen LogP contribution >= 0.6 is 0 Å². The Morgan fingerprint density at radius 1 is 1.29 bits per heavy atom. The third-order valence-corrected chi connectivity index (χ3v) is 1.71. The Morgan fingerprint density at radius 2 is 1.86 bits per heavy atom. The Kier molecular flexibility index (Phi) is 3.17. The molecule has 0 unspecified atom stereocenters. The molecule has 4 N–H and O–H groups in total. The summed E-state index contributed by atoms with van der Waals surface area (Å²) >= 11 is 0. The number of primary amides is 1. The van der Waals surface area contributed by atoms with Crippen LogP contribution < -0.4 is 21.5 Å². The van der Waals surface area contributed by atoms with Gasteiger partial charge in [-0.25, -0.2) is 4.79 Å². The van der Waals surface area contributed by atoms with E-state index in [0.29, 0.717) is 0 Å². The van der Waals surface area contributed by atoms with Crippen molar-refractivity contribution in [2.24, 2.45) is 5.73 Å². The number of urea groups is 1. The fourth-order valence-electron chi connectivity index (χ4n) is 0.977. The number of hydrogen-bond donors (Lipinski definition) is 3. The van der Waals surface area contributed by atoms with Crippen molar-refractivity contribution in [3.05, 3.63) is 24.3 Å². The monoisotopic (exact) mass is 194 g/mol. The first-order valence-electron chi connectivity index (χ1n) is 4.18. The molecule has 0 heterocycles. The van der Waals surface area contributed by atoms with Crippen molar-refractivity contribution in [3.63, 3.8) is 0 Å². The summed E-state index contributed by atoms with van der Waals surface area (Å²) in [5.41, 5.74) is 11.7. The van der Waals surface area contributed by atoms with E-state index < -0.39 is 6.03 Å². The minimum Gasteiger partial charge on any atom is -0.378 e. The molecule has 0 radical (unpaired) electrons. The van der Waals surface area contributed by atoms with Gasteiger partial charge in [0, 0.05) is 19.8 Å². The first kappa shape index (κ1) is 10.2. The Labute approximate surface area is 82.9 Å². The highest BCUT2D eigenvalue weighted by atomic mass is 16.2. The predicted octanol–water partition coefficient (Wildman–Crippen LogP) is 0.748. The fraction of sp³-hybridized carbons (Fsp3) is 0.222. The van der Waals surface area contributed by atoms with Gasteiger partial charge in [-0.05, 0) is 24.3 Å². The van der Waals surface area contributed by atoms with Gasteiger partial charge in [-0.2, -0.15) is 0 Å². The zero-order chi connectivity index (χ0) is 10.6. The van der Waals surface area contributed by atoms with Crippen LogP contribution in [-0.2, 0) is 0 Å². The Bertz CT molecular complexity index is 307. The molecule has 1 rings (SSSR count). The number of nitrogens with zero attached hydrogens (tertiary/aromatic N) is 1. The van der Waals surface area contributed by atoms with Gasteiger partial charge in [0.1, 0.15) is 0 Å². The number of anilines is 2. The second-order valence-corrected chi connectivity index (χ2v) is 3.06. The molecule has 0 saturated heterocycles. The number of carbonyl (C=O) groups excluding carboxylic acids is 1. The van der Waals surface area contributed by atoms with Crippen LogP contribution in [0.25, 0.3) is 0 Å². The van der Waals surface area contributed by atoms with Crippen LogP contribution in [0.15, 0.2) is 24.3 Å². The van der Waals surface area contributed by atoms with Crippen LogP contribution in [0.1, 0.15) is 0 Å². The molecular formula is C9H14N4O. The topological polar surface area (TPSA) is 70.4 Å². The van der Waals surface area contributed by atoms with Gasteiger partial charge in [0.25, 0.3) is 0 Å². The quantitative estimate of drug-likeness (QED) is 0.622. The second kappa shape index (κ2) is 4.36. The lowest BCUT2D eigenvalue weighted by molar-refractivity contribution is 0.250. The molecule has 0 aliphatic rings. The summed E-state index contributed by atoms with van der Waals surface area (Å²) in [7, 11) is 3.92. The van der Waals surface area contributed by atoms with Crippen molar-refractivity contribution in [1.29, 1.82) is 0 Å².